The van der Waals surface area contributed by atoms with Crippen LogP contribution in [0.3, 0.4) is 0 Å². The van der Waals surface area contributed by atoms with Crippen molar-refractivity contribution in [3.63, 3.8) is 0 Å². The number of carbonyl (C=O) groups is 1. The molecule has 0 unspecified atom stereocenters. The van der Waals surface area contributed by atoms with Gasteiger partial charge in [-0.25, -0.2) is 0 Å². The molecule has 3 nitrogen and oxygen atoms in total. The van der Waals surface area contributed by atoms with Gasteiger partial charge in [-0.05, 0) is 67.4 Å². The molecule has 1 aromatic carbocycles. The van der Waals surface area contributed by atoms with Crippen molar-refractivity contribution in [1.82, 2.24) is 9.88 Å². The summed E-state index contributed by atoms with van der Waals surface area (Å²) in [5.74, 6) is 1.26. The second-order valence-corrected chi connectivity index (χ2v) is 10.3. The largest absolute Gasteiger partial charge is 0.299 e. The second kappa shape index (κ2) is 11.0. The lowest BCUT2D eigenvalue weighted by atomic mass is 9.75. The molecule has 1 fully saturated rings. The number of allylic oxidation sites excluding steroid dienone is 2. The van der Waals surface area contributed by atoms with Crippen LogP contribution in [-0.4, -0.2) is 39.4 Å². The normalized spacial score (nSPS) is 24.2. The number of nitrogens with zero attached hydrogens (tertiary/aromatic N) is 2. The van der Waals surface area contributed by atoms with Gasteiger partial charge in [-0.2, -0.15) is 0 Å². The average Bonchev–Trinajstić information content (AvgIpc) is 3.43. The zero-order valence-electron chi connectivity index (χ0n) is 17.8. The van der Waals surface area contributed by atoms with Gasteiger partial charge in [-0.1, -0.05) is 74.3 Å². The van der Waals surface area contributed by atoms with Crippen molar-refractivity contribution in [2.75, 3.05) is 23.7 Å². The monoisotopic (exact) mass is 544 g/mol. The van der Waals surface area contributed by atoms with Crippen molar-refractivity contribution in [1.29, 1.82) is 0 Å². The molecular weight excluding hydrogens is 516 g/mol. The fourth-order valence-electron chi connectivity index (χ4n) is 5.25. The standard InChI is InChI=1S/C26H30Br2N2O/c27-12-3-15-30(16-4-13-28)18-19-6-8-20(9-7-19)24-21-10-11-22(17-21)25(24)26(31)23-5-1-2-14-29-23/h1-2,5-11,14,21-22,24-25H,3-4,12-13,15-18H2/t21-,22+,24+,25+/m0/s1. The Kier molecular flexibility index (Phi) is 8.13. The first-order chi connectivity index (χ1) is 15.2. The van der Waals surface area contributed by atoms with E-state index in [0.717, 1.165) is 49.6 Å². The number of ketones is 1. The lowest BCUT2D eigenvalue weighted by Gasteiger charge is -2.28. The van der Waals surface area contributed by atoms with E-state index in [1.165, 1.54) is 11.1 Å². The summed E-state index contributed by atoms with van der Waals surface area (Å²) in [6, 6.07) is 14.7. The smallest absolute Gasteiger partial charge is 0.185 e. The molecular formula is C26H30Br2N2O. The minimum atomic E-state index is 0.00473. The maximum Gasteiger partial charge on any atom is 0.185 e. The predicted molar refractivity (Wildman–Crippen MR) is 134 cm³/mol. The Morgan fingerprint density at radius 1 is 0.968 bits per heavy atom. The number of rotatable bonds is 11. The SMILES string of the molecule is O=C(c1ccccn1)[C@H]1[C@H](c2ccc(CN(CCCBr)CCCBr)cc2)[C@H]2C=C[C@@H]1C2. The highest BCUT2D eigenvalue weighted by atomic mass is 79.9. The number of hydrogen-bond donors (Lipinski definition) is 0. The lowest BCUT2D eigenvalue weighted by Crippen LogP contribution is -2.27. The minimum Gasteiger partial charge on any atom is -0.299 e. The highest BCUT2D eigenvalue weighted by Gasteiger charge is 2.48. The topological polar surface area (TPSA) is 33.2 Å². The van der Waals surface area contributed by atoms with Gasteiger partial charge >= 0.3 is 0 Å². The highest BCUT2D eigenvalue weighted by molar-refractivity contribution is 9.09. The molecule has 1 saturated carbocycles. The molecule has 0 spiro atoms. The third-order valence-corrected chi connectivity index (χ3v) is 7.79. The summed E-state index contributed by atoms with van der Waals surface area (Å²) in [4.78, 5) is 20.2. The third kappa shape index (κ3) is 5.37. The quantitative estimate of drug-likeness (QED) is 0.190. The first-order valence-electron chi connectivity index (χ1n) is 11.3. The van der Waals surface area contributed by atoms with Crippen LogP contribution in [0.4, 0.5) is 0 Å². The van der Waals surface area contributed by atoms with E-state index in [2.05, 4.69) is 78.2 Å². The molecule has 0 amide bonds. The number of benzene rings is 1. The van der Waals surface area contributed by atoms with Crippen LogP contribution in [0.5, 0.6) is 0 Å². The van der Waals surface area contributed by atoms with Crippen LogP contribution in [0, 0.1) is 17.8 Å². The summed E-state index contributed by atoms with van der Waals surface area (Å²) in [6.07, 6.45) is 9.71. The average molecular weight is 546 g/mol. The van der Waals surface area contributed by atoms with E-state index in [1.807, 2.05) is 18.2 Å². The molecule has 4 rings (SSSR count). The van der Waals surface area contributed by atoms with Gasteiger partial charge in [-0.15, -0.1) is 0 Å². The Balaban J connectivity index is 1.49. The molecule has 2 aliphatic rings. The molecule has 1 aromatic heterocycles. The number of carbonyl (C=O) groups excluding carboxylic acids is 1. The maximum atomic E-state index is 13.3. The fraction of sp³-hybridized carbons (Fsp3) is 0.462. The summed E-state index contributed by atoms with van der Waals surface area (Å²) in [6.45, 7) is 3.20. The molecule has 0 N–H and O–H groups in total. The highest BCUT2D eigenvalue weighted by Crippen LogP contribution is 2.53. The third-order valence-electron chi connectivity index (χ3n) is 6.67. The van der Waals surface area contributed by atoms with E-state index < -0.39 is 0 Å². The molecule has 0 aliphatic heterocycles. The van der Waals surface area contributed by atoms with E-state index in [0.29, 0.717) is 17.5 Å². The van der Waals surface area contributed by atoms with E-state index in [-0.39, 0.29) is 17.6 Å². The van der Waals surface area contributed by atoms with Crippen LogP contribution in [0.25, 0.3) is 0 Å². The number of Topliss-reactive ketones (excluding diaryl/α,β-unsaturated/α-hetero) is 1. The van der Waals surface area contributed by atoms with Crippen molar-refractivity contribution < 1.29 is 4.79 Å². The number of fused-ring (bicyclic) bond motifs is 2. The lowest BCUT2D eigenvalue weighted by molar-refractivity contribution is 0.0881. The van der Waals surface area contributed by atoms with Gasteiger partial charge < -0.3 is 0 Å². The number of aromatic nitrogens is 1. The molecule has 2 bridgehead atoms. The van der Waals surface area contributed by atoms with E-state index in [1.54, 1.807) is 6.20 Å². The molecule has 0 saturated heterocycles. The Morgan fingerprint density at radius 2 is 1.68 bits per heavy atom. The molecule has 1 heterocycles. The summed E-state index contributed by atoms with van der Waals surface area (Å²) in [5.41, 5.74) is 3.24. The van der Waals surface area contributed by atoms with Crippen LogP contribution in [0.2, 0.25) is 0 Å². The summed E-state index contributed by atoms with van der Waals surface area (Å²) >= 11 is 7.11. The molecule has 164 valence electrons. The molecule has 2 aliphatic carbocycles. The summed E-state index contributed by atoms with van der Waals surface area (Å²) in [5, 5.41) is 2.08. The van der Waals surface area contributed by atoms with Crippen LogP contribution in [-0.2, 0) is 6.54 Å². The molecule has 31 heavy (non-hydrogen) atoms. The molecule has 4 atom stereocenters. The zero-order valence-corrected chi connectivity index (χ0v) is 21.0. The van der Waals surface area contributed by atoms with Crippen LogP contribution < -0.4 is 0 Å². The van der Waals surface area contributed by atoms with E-state index in [4.69, 9.17) is 0 Å². The van der Waals surface area contributed by atoms with Crippen LogP contribution in [0.15, 0.2) is 60.8 Å². The Labute approximate surface area is 202 Å². The van der Waals surface area contributed by atoms with Gasteiger partial charge in [0.05, 0.1) is 0 Å². The van der Waals surface area contributed by atoms with Gasteiger partial charge in [0.1, 0.15) is 5.69 Å². The van der Waals surface area contributed by atoms with Crippen LogP contribution >= 0.6 is 31.9 Å². The zero-order chi connectivity index (χ0) is 21.6. The number of hydrogen-bond acceptors (Lipinski definition) is 3. The van der Waals surface area contributed by atoms with Crippen molar-refractivity contribution in [2.45, 2.75) is 31.7 Å². The van der Waals surface area contributed by atoms with Crippen molar-refractivity contribution in [3.8, 4) is 0 Å². The summed E-state index contributed by atoms with van der Waals surface area (Å²) in [7, 11) is 0. The summed E-state index contributed by atoms with van der Waals surface area (Å²) < 4.78 is 0. The van der Waals surface area contributed by atoms with E-state index >= 15 is 0 Å². The van der Waals surface area contributed by atoms with Crippen molar-refractivity contribution >= 4 is 37.6 Å². The van der Waals surface area contributed by atoms with Gasteiger partial charge in [0.25, 0.3) is 0 Å². The Hall–Kier alpha value is -1.30. The van der Waals surface area contributed by atoms with Crippen LogP contribution in [0.1, 0.15) is 46.8 Å². The Bertz CT molecular complexity index is 876. The maximum absolute atomic E-state index is 13.3. The van der Waals surface area contributed by atoms with Crippen molar-refractivity contribution in [3.05, 3.63) is 77.6 Å². The molecule has 2 aromatic rings. The minimum absolute atomic E-state index is 0.00473. The van der Waals surface area contributed by atoms with Gasteiger partial charge in [0.15, 0.2) is 5.78 Å². The molecule has 0 radical (unpaired) electrons. The van der Waals surface area contributed by atoms with Gasteiger partial charge in [0.2, 0.25) is 0 Å². The van der Waals surface area contributed by atoms with Gasteiger partial charge in [-0.3, -0.25) is 14.7 Å². The first kappa shape index (κ1) is 22.9. The number of halogens is 2. The van der Waals surface area contributed by atoms with Crippen molar-refractivity contribution in [2.24, 2.45) is 17.8 Å². The van der Waals surface area contributed by atoms with E-state index in [9.17, 15) is 4.79 Å². The number of alkyl halides is 2. The predicted octanol–water partition coefficient (Wildman–Crippen LogP) is 6.24. The first-order valence-corrected chi connectivity index (χ1v) is 13.5. The second-order valence-electron chi connectivity index (χ2n) is 8.68. The number of pyridine rings is 1. The Morgan fingerprint density at radius 3 is 2.32 bits per heavy atom. The fourth-order valence-corrected chi connectivity index (χ4v) is 5.76. The molecule has 5 heteroatoms. The van der Waals surface area contributed by atoms with Gasteiger partial charge in [0, 0.05) is 35.2 Å².